The molecule has 1 amide bonds. The number of furan rings is 1. The first kappa shape index (κ1) is 16.8. The molecular formula is C17H17F4NO2. The predicted octanol–water partition coefficient (Wildman–Crippen LogP) is 4.68. The summed E-state index contributed by atoms with van der Waals surface area (Å²) < 4.78 is 57.5. The number of benzene rings is 1. The summed E-state index contributed by atoms with van der Waals surface area (Å²) in [6.07, 6.45) is -2.87. The number of alkyl halides is 3. The Morgan fingerprint density at radius 1 is 1.38 bits per heavy atom. The summed E-state index contributed by atoms with van der Waals surface area (Å²) >= 11 is 0. The van der Waals surface area contributed by atoms with Crippen LogP contribution in [-0.2, 0) is 0 Å². The third-order valence-electron chi connectivity index (χ3n) is 4.50. The average Bonchev–Trinajstić information content (AvgIpc) is 3.29. The maximum Gasteiger partial charge on any atom is 0.406 e. The highest BCUT2D eigenvalue weighted by Gasteiger charge is 2.41. The van der Waals surface area contributed by atoms with Crippen molar-refractivity contribution in [3.05, 3.63) is 35.3 Å². The highest BCUT2D eigenvalue weighted by molar-refractivity contribution is 5.99. The normalized spacial score (nSPS) is 16.4. The molecule has 1 fully saturated rings. The van der Waals surface area contributed by atoms with Gasteiger partial charge in [0.25, 0.3) is 5.91 Å². The first-order valence-electron chi connectivity index (χ1n) is 7.74. The standard InChI is InChI=1S/C17H17F4NO2/c1-9-13-7-12(18)5-6-14(13)24-15(9)16(23)22(8-17(19,20)21)10(2)11-3-4-11/h5-7,10-11H,3-4,8H2,1-2H3/t10-/m1/s1. The third-order valence-corrected chi connectivity index (χ3v) is 4.50. The first-order valence-corrected chi connectivity index (χ1v) is 7.74. The van der Waals surface area contributed by atoms with E-state index in [-0.39, 0.29) is 17.3 Å². The molecule has 1 aliphatic rings. The number of hydrogen-bond donors (Lipinski definition) is 0. The zero-order valence-electron chi connectivity index (χ0n) is 13.3. The number of fused-ring (bicyclic) bond motifs is 1. The van der Waals surface area contributed by atoms with Gasteiger partial charge < -0.3 is 9.32 Å². The van der Waals surface area contributed by atoms with Gasteiger partial charge in [-0.1, -0.05) is 0 Å². The summed E-state index contributed by atoms with van der Waals surface area (Å²) in [5.74, 6) is -1.38. The predicted molar refractivity (Wildman–Crippen MR) is 80.2 cm³/mol. The van der Waals surface area contributed by atoms with Crippen LogP contribution < -0.4 is 0 Å². The zero-order chi connectivity index (χ0) is 17.6. The van der Waals surface area contributed by atoms with E-state index in [4.69, 9.17) is 4.42 Å². The van der Waals surface area contributed by atoms with Gasteiger partial charge in [-0.05, 0) is 50.8 Å². The van der Waals surface area contributed by atoms with E-state index >= 15 is 0 Å². The van der Waals surface area contributed by atoms with E-state index < -0.39 is 30.5 Å². The van der Waals surface area contributed by atoms with E-state index in [1.807, 2.05) is 0 Å². The van der Waals surface area contributed by atoms with Gasteiger partial charge in [0.05, 0.1) is 0 Å². The fraction of sp³-hybridized carbons (Fsp3) is 0.471. The molecule has 1 aromatic heterocycles. The molecule has 1 saturated carbocycles. The van der Waals surface area contributed by atoms with Crippen molar-refractivity contribution in [2.24, 2.45) is 5.92 Å². The van der Waals surface area contributed by atoms with Crippen LogP contribution in [0.15, 0.2) is 22.6 Å². The summed E-state index contributed by atoms with van der Waals surface area (Å²) in [4.78, 5) is 13.5. The Labute approximate surface area is 136 Å². The van der Waals surface area contributed by atoms with Crippen molar-refractivity contribution in [2.45, 2.75) is 38.9 Å². The van der Waals surface area contributed by atoms with Crippen molar-refractivity contribution in [3.8, 4) is 0 Å². The number of amides is 1. The molecule has 130 valence electrons. The van der Waals surface area contributed by atoms with Crippen molar-refractivity contribution in [3.63, 3.8) is 0 Å². The van der Waals surface area contributed by atoms with Crippen molar-refractivity contribution in [2.75, 3.05) is 6.54 Å². The molecule has 0 spiro atoms. The Morgan fingerprint density at radius 2 is 2.04 bits per heavy atom. The Hall–Kier alpha value is -2.05. The second-order valence-electron chi connectivity index (χ2n) is 6.32. The summed E-state index contributed by atoms with van der Waals surface area (Å²) in [5.41, 5.74) is 0.632. The number of halogens is 4. The number of hydrogen-bond acceptors (Lipinski definition) is 2. The molecule has 1 atom stereocenters. The molecule has 0 unspecified atom stereocenters. The molecular weight excluding hydrogens is 326 g/mol. The van der Waals surface area contributed by atoms with Crippen LogP contribution in [0.1, 0.15) is 35.9 Å². The van der Waals surface area contributed by atoms with Crippen LogP contribution in [0.5, 0.6) is 0 Å². The van der Waals surface area contributed by atoms with E-state index in [0.717, 1.165) is 17.7 Å². The molecule has 3 nitrogen and oxygen atoms in total. The maximum absolute atomic E-state index is 13.4. The topological polar surface area (TPSA) is 33.5 Å². The molecule has 1 heterocycles. The fourth-order valence-corrected chi connectivity index (χ4v) is 2.95. The Bertz CT molecular complexity index is 777. The van der Waals surface area contributed by atoms with Crippen molar-refractivity contribution < 1.29 is 26.8 Å². The molecule has 1 aromatic carbocycles. The lowest BCUT2D eigenvalue weighted by molar-refractivity contribution is -0.145. The Morgan fingerprint density at radius 3 is 2.62 bits per heavy atom. The largest absolute Gasteiger partial charge is 0.451 e. The summed E-state index contributed by atoms with van der Waals surface area (Å²) in [7, 11) is 0. The quantitative estimate of drug-likeness (QED) is 0.755. The number of nitrogens with zero attached hydrogens (tertiary/aromatic N) is 1. The van der Waals surface area contributed by atoms with Gasteiger partial charge in [0.15, 0.2) is 5.76 Å². The fourth-order valence-electron chi connectivity index (χ4n) is 2.95. The molecule has 0 saturated heterocycles. The Kier molecular flexibility index (Phi) is 4.05. The first-order chi connectivity index (χ1) is 11.2. The molecule has 0 N–H and O–H groups in total. The van der Waals surface area contributed by atoms with Crippen LogP contribution in [0.4, 0.5) is 17.6 Å². The van der Waals surface area contributed by atoms with Crippen LogP contribution in [0.3, 0.4) is 0 Å². The maximum atomic E-state index is 13.4. The molecule has 0 radical (unpaired) electrons. The molecule has 1 aliphatic carbocycles. The number of carbonyl (C=O) groups is 1. The highest BCUT2D eigenvalue weighted by Crippen LogP contribution is 2.37. The summed E-state index contributed by atoms with van der Waals surface area (Å²) in [6.45, 7) is 1.85. The minimum atomic E-state index is -4.50. The van der Waals surface area contributed by atoms with E-state index in [1.54, 1.807) is 13.8 Å². The molecule has 2 aromatic rings. The van der Waals surface area contributed by atoms with Gasteiger partial charge in [-0.15, -0.1) is 0 Å². The summed E-state index contributed by atoms with van der Waals surface area (Å²) in [6, 6.07) is 3.24. The van der Waals surface area contributed by atoms with Gasteiger partial charge in [-0.2, -0.15) is 13.2 Å². The van der Waals surface area contributed by atoms with Crippen LogP contribution >= 0.6 is 0 Å². The van der Waals surface area contributed by atoms with Crippen molar-refractivity contribution >= 4 is 16.9 Å². The van der Waals surface area contributed by atoms with E-state index in [9.17, 15) is 22.4 Å². The SMILES string of the molecule is Cc1c(C(=O)N(CC(F)(F)F)[C@H](C)C2CC2)oc2ccc(F)cc12. The molecule has 24 heavy (non-hydrogen) atoms. The van der Waals surface area contributed by atoms with Gasteiger partial charge in [0.2, 0.25) is 0 Å². The minimum Gasteiger partial charge on any atom is -0.451 e. The Balaban J connectivity index is 1.98. The molecule has 0 aliphatic heterocycles. The van der Waals surface area contributed by atoms with E-state index in [1.165, 1.54) is 18.2 Å². The average molecular weight is 343 g/mol. The molecule has 0 bridgehead atoms. The smallest absolute Gasteiger partial charge is 0.406 e. The monoisotopic (exact) mass is 343 g/mol. The van der Waals surface area contributed by atoms with Gasteiger partial charge in [-0.25, -0.2) is 4.39 Å². The van der Waals surface area contributed by atoms with Gasteiger partial charge >= 0.3 is 6.18 Å². The van der Waals surface area contributed by atoms with Crippen LogP contribution in [0.2, 0.25) is 0 Å². The van der Waals surface area contributed by atoms with Crippen molar-refractivity contribution in [1.82, 2.24) is 4.90 Å². The van der Waals surface area contributed by atoms with Crippen LogP contribution in [-0.4, -0.2) is 29.6 Å². The third kappa shape index (κ3) is 3.25. The summed E-state index contributed by atoms with van der Waals surface area (Å²) in [5, 5.41) is 0.393. The lowest BCUT2D eigenvalue weighted by Crippen LogP contribution is -2.45. The van der Waals surface area contributed by atoms with Crippen LogP contribution in [0.25, 0.3) is 11.0 Å². The zero-order valence-corrected chi connectivity index (χ0v) is 13.3. The van der Waals surface area contributed by atoms with Gasteiger partial charge in [-0.3, -0.25) is 4.79 Å². The van der Waals surface area contributed by atoms with Gasteiger partial charge in [0.1, 0.15) is 17.9 Å². The van der Waals surface area contributed by atoms with Crippen molar-refractivity contribution in [1.29, 1.82) is 0 Å². The number of aryl methyl sites for hydroxylation is 1. The minimum absolute atomic E-state index is 0.0819. The lowest BCUT2D eigenvalue weighted by atomic mass is 10.1. The number of carbonyl (C=O) groups excluding carboxylic acids is 1. The lowest BCUT2D eigenvalue weighted by Gasteiger charge is -2.29. The van der Waals surface area contributed by atoms with E-state index in [0.29, 0.717) is 10.9 Å². The van der Waals surface area contributed by atoms with Gasteiger partial charge in [0, 0.05) is 17.0 Å². The molecule has 3 rings (SSSR count). The molecule has 7 heteroatoms. The second-order valence-corrected chi connectivity index (χ2v) is 6.32. The second kappa shape index (κ2) is 5.79. The van der Waals surface area contributed by atoms with Crippen LogP contribution in [0, 0.1) is 18.7 Å². The van der Waals surface area contributed by atoms with E-state index in [2.05, 4.69) is 0 Å². The highest BCUT2D eigenvalue weighted by atomic mass is 19.4. The number of rotatable bonds is 4.